The second kappa shape index (κ2) is 8.06. The Balaban J connectivity index is 1.65. The first kappa shape index (κ1) is 19.8. The van der Waals surface area contributed by atoms with E-state index in [4.69, 9.17) is 9.47 Å². The number of fused-ring (bicyclic) bond motifs is 1. The zero-order chi connectivity index (χ0) is 21.3. The first-order valence-electron chi connectivity index (χ1n) is 9.76. The summed E-state index contributed by atoms with van der Waals surface area (Å²) in [6, 6.07) is 12.3. The maximum atomic E-state index is 13.2. The Morgan fingerprint density at radius 1 is 1.10 bits per heavy atom. The minimum Gasteiger partial charge on any atom is -0.493 e. The summed E-state index contributed by atoms with van der Waals surface area (Å²) in [5, 5.41) is 0.378. The summed E-state index contributed by atoms with van der Waals surface area (Å²) in [6.45, 7) is 0.466. The van der Waals surface area contributed by atoms with E-state index in [0.29, 0.717) is 28.9 Å². The Labute approximate surface area is 172 Å². The molecule has 0 spiro atoms. The summed E-state index contributed by atoms with van der Waals surface area (Å²) in [5.74, 6) is 1.06. The van der Waals surface area contributed by atoms with Gasteiger partial charge in [0.25, 0.3) is 5.56 Å². The molecule has 1 N–H and O–H groups in total. The molecule has 1 atom stereocenters. The molecule has 156 valence electrons. The van der Waals surface area contributed by atoms with E-state index >= 15 is 0 Å². The third kappa shape index (κ3) is 3.45. The van der Waals surface area contributed by atoms with Gasteiger partial charge in [0.1, 0.15) is 6.54 Å². The minimum atomic E-state index is -0.589. The van der Waals surface area contributed by atoms with Crippen molar-refractivity contribution < 1.29 is 14.3 Å². The van der Waals surface area contributed by atoms with Gasteiger partial charge in [-0.25, -0.2) is 4.79 Å². The quantitative estimate of drug-likeness (QED) is 0.696. The Kier molecular flexibility index (Phi) is 5.31. The molecule has 3 aromatic rings. The predicted molar refractivity (Wildman–Crippen MR) is 112 cm³/mol. The highest BCUT2D eigenvalue weighted by Crippen LogP contribution is 2.37. The van der Waals surface area contributed by atoms with E-state index in [1.165, 1.54) is 4.57 Å². The van der Waals surface area contributed by atoms with E-state index in [-0.39, 0.29) is 18.5 Å². The molecule has 1 aliphatic rings. The summed E-state index contributed by atoms with van der Waals surface area (Å²) in [5.41, 5.74) is 0.358. The standard InChI is InChI=1S/C22H23N3O5/c1-29-18-10-9-14(12-19(18)30-2)16-8-5-11-24(16)20(26)13-25-17-7-4-3-6-15(17)21(27)23-22(25)28/h3-4,6-7,9-10,12,16H,5,8,11,13H2,1-2H3,(H,23,27,28). The molecule has 30 heavy (non-hydrogen) atoms. The number of rotatable bonds is 5. The van der Waals surface area contributed by atoms with Crippen molar-refractivity contribution in [2.75, 3.05) is 20.8 Å². The molecule has 1 aromatic heterocycles. The number of nitrogens with one attached hydrogen (secondary N) is 1. The third-order valence-corrected chi connectivity index (χ3v) is 5.56. The number of amides is 1. The number of carbonyl (C=O) groups is 1. The summed E-state index contributed by atoms with van der Waals surface area (Å²) in [6.07, 6.45) is 1.69. The average molecular weight is 409 g/mol. The van der Waals surface area contributed by atoms with Gasteiger partial charge >= 0.3 is 5.69 Å². The maximum Gasteiger partial charge on any atom is 0.329 e. The monoisotopic (exact) mass is 409 g/mol. The number of benzene rings is 2. The molecule has 0 bridgehead atoms. The summed E-state index contributed by atoms with van der Waals surface area (Å²) in [7, 11) is 3.15. The van der Waals surface area contributed by atoms with Crippen LogP contribution in [0.4, 0.5) is 0 Å². The fraction of sp³-hybridized carbons (Fsp3) is 0.318. The number of carbonyl (C=O) groups excluding carboxylic acids is 1. The predicted octanol–water partition coefficient (Wildman–Crippen LogP) is 2.07. The molecule has 0 saturated carbocycles. The van der Waals surface area contributed by atoms with Crippen molar-refractivity contribution in [1.82, 2.24) is 14.5 Å². The van der Waals surface area contributed by atoms with E-state index < -0.39 is 11.2 Å². The second-order valence-corrected chi connectivity index (χ2v) is 7.22. The lowest BCUT2D eigenvalue weighted by Crippen LogP contribution is -2.38. The van der Waals surface area contributed by atoms with Crippen molar-refractivity contribution in [3.63, 3.8) is 0 Å². The number of aromatic amines is 1. The van der Waals surface area contributed by atoms with Crippen molar-refractivity contribution in [3.8, 4) is 11.5 Å². The first-order chi connectivity index (χ1) is 14.5. The van der Waals surface area contributed by atoms with Crippen LogP contribution in [0.5, 0.6) is 11.5 Å². The first-order valence-corrected chi connectivity index (χ1v) is 9.76. The Morgan fingerprint density at radius 2 is 1.87 bits per heavy atom. The highest BCUT2D eigenvalue weighted by Gasteiger charge is 2.31. The van der Waals surface area contributed by atoms with Crippen LogP contribution < -0.4 is 20.7 Å². The van der Waals surface area contributed by atoms with Gasteiger partial charge in [0.2, 0.25) is 5.91 Å². The van der Waals surface area contributed by atoms with Gasteiger partial charge in [-0.3, -0.25) is 19.1 Å². The molecule has 1 unspecified atom stereocenters. The van der Waals surface area contributed by atoms with Gasteiger partial charge in [0, 0.05) is 6.54 Å². The van der Waals surface area contributed by atoms with Crippen molar-refractivity contribution in [3.05, 3.63) is 68.9 Å². The molecule has 0 aliphatic carbocycles. The van der Waals surface area contributed by atoms with Crippen molar-refractivity contribution in [2.24, 2.45) is 0 Å². The van der Waals surface area contributed by atoms with Crippen molar-refractivity contribution in [2.45, 2.75) is 25.4 Å². The van der Waals surface area contributed by atoms with Crippen LogP contribution in [0, 0.1) is 0 Å². The van der Waals surface area contributed by atoms with Gasteiger partial charge < -0.3 is 14.4 Å². The number of ether oxygens (including phenoxy) is 2. The van der Waals surface area contributed by atoms with Gasteiger partial charge in [0.05, 0.1) is 31.2 Å². The fourth-order valence-electron chi connectivity index (χ4n) is 4.10. The van der Waals surface area contributed by atoms with Crippen LogP contribution in [0.2, 0.25) is 0 Å². The number of methoxy groups -OCH3 is 2. The van der Waals surface area contributed by atoms with E-state index in [0.717, 1.165) is 18.4 Å². The minimum absolute atomic E-state index is 0.109. The van der Waals surface area contributed by atoms with Crippen molar-refractivity contribution >= 4 is 16.8 Å². The van der Waals surface area contributed by atoms with E-state index in [1.807, 2.05) is 18.2 Å². The smallest absolute Gasteiger partial charge is 0.329 e. The van der Waals surface area contributed by atoms with Crippen LogP contribution in [-0.4, -0.2) is 41.1 Å². The summed E-state index contributed by atoms with van der Waals surface area (Å²) in [4.78, 5) is 41.7. The summed E-state index contributed by atoms with van der Waals surface area (Å²) < 4.78 is 12.0. The zero-order valence-corrected chi connectivity index (χ0v) is 16.9. The van der Waals surface area contributed by atoms with E-state index in [9.17, 15) is 14.4 Å². The van der Waals surface area contributed by atoms with Crippen LogP contribution in [0.1, 0.15) is 24.4 Å². The molecule has 1 aliphatic heterocycles. The highest BCUT2D eigenvalue weighted by molar-refractivity contribution is 5.82. The normalized spacial score (nSPS) is 16.1. The Bertz CT molecular complexity index is 1210. The highest BCUT2D eigenvalue weighted by atomic mass is 16.5. The number of nitrogens with zero attached hydrogens (tertiary/aromatic N) is 2. The van der Waals surface area contributed by atoms with Crippen LogP contribution in [0.15, 0.2) is 52.1 Å². The number of hydrogen-bond acceptors (Lipinski definition) is 5. The van der Waals surface area contributed by atoms with Crippen molar-refractivity contribution in [1.29, 1.82) is 0 Å². The number of aromatic nitrogens is 2. The van der Waals surface area contributed by atoms with E-state index in [2.05, 4.69) is 4.98 Å². The van der Waals surface area contributed by atoms with Gasteiger partial charge in [0.15, 0.2) is 11.5 Å². The number of H-pyrrole nitrogens is 1. The number of para-hydroxylation sites is 1. The molecule has 4 rings (SSSR count). The van der Waals surface area contributed by atoms with Gasteiger partial charge in [-0.1, -0.05) is 18.2 Å². The van der Waals surface area contributed by atoms with E-state index in [1.54, 1.807) is 43.4 Å². The molecule has 8 nitrogen and oxygen atoms in total. The molecule has 2 aromatic carbocycles. The maximum absolute atomic E-state index is 13.2. The largest absolute Gasteiger partial charge is 0.493 e. The third-order valence-electron chi connectivity index (χ3n) is 5.56. The molecule has 0 radical (unpaired) electrons. The molecular weight excluding hydrogens is 386 g/mol. The zero-order valence-electron chi connectivity index (χ0n) is 16.9. The molecule has 1 amide bonds. The lowest BCUT2D eigenvalue weighted by Gasteiger charge is -2.26. The van der Waals surface area contributed by atoms with Crippen LogP contribution >= 0.6 is 0 Å². The molecule has 2 heterocycles. The average Bonchev–Trinajstić information content (AvgIpc) is 3.26. The number of likely N-dealkylation sites (tertiary alicyclic amines) is 1. The molecule has 1 saturated heterocycles. The second-order valence-electron chi connectivity index (χ2n) is 7.22. The molecule has 1 fully saturated rings. The van der Waals surface area contributed by atoms with Crippen LogP contribution in [0.25, 0.3) is 10.9 Å². The molecular formula is C22H23N3O5. The lowest BCUT2D eigenvalue weighted by atomic mass is 10.0. The van der Waals surface area contributed by atoms with Gasteiger partial charge in [-0.15, -0.1) is 0 Å². The topological polar surface area (TPSA) is 93.6 Å². The van der Waals surface area contributed by atoms with Gasteiger partial charge in [-0.2, -0.15) is 0 Å². The fourth-order valence-corrected chi connectivity index (χ4v) is 4.10. The van der Waals surface area contributed by atoms with Crippen LogP contribution in [-0.2, 0) is 11.3 Å². The Morgan fingerprint density at radius 3 is 2.63 bits per heavy atom. The lowest BCUT2D eigenvalue weighted by molar-refractivity contribution is -0.132. The SMILES string of the molecule is COc1ccc(C2CCCN2C(=O)Cn2c(=O)[nH]c(=O)c3ccccc32)cc1OC. The van der Waals surface area contributed by atoms with Crippen LogP contribution in [0.3, 0.4) is 0 Å². The summed E-state index contributed by atoms with van der Waals surface area (Å²) >= 11 is 0. The Hall–Kier alpha value is -3.55. The van der Waals surface area contributed by atoms with Gasteiger partial charge in [-0.05, 0) is 42.7 Å². The molecule has 8 heteroatoms. The number of hydrogen-bond donors (Lipinski definition) is 1.